The van der Waals surface area contributed by atoms with Gasteiger partial charge < -0.3 is 15.7 Å². The third-order valence-electron chi connectivity index (χ3n) is 4.00. The second-order valence-corrected chi connectivity index (χ2v) is 5.91. The molecule has 20 heavy (non-hydrogen) atoms. The van der Waals surface area contributed by atoms with Gasteiger partial charge in [0.25, 0.3) is 0 Å². The minimum atomic E-state index is -0.281. The Morgan fingerprint density at radius 1 is 1.25 bits per heavy atom. The summed E-state index contributed by atoms with van der Waals surface area (Å²) in [5.74, 6) is 0. The molecule has 0 saturated heterocycles. The fourth-order valence-corrected chi connectivity index (χ4v) is 2.87. The number of halogens is 1. The number of nitrogens with one attached hydrogen (secondary N) is 2. The zero-order valence-corrected chi connectivity index (χ0v) is 12.2. The topological polar surface area (TPSA) is 61.4 Å². The molecule has 3 N–H and O–H groups in total. The van der Waals surface area contributed by atoms with E-state index >= 15 is 0 Å². The fraction of sp³-hybridized carbons (Fsp3) is 0.533. The van der Waals surface area contributed by atoms with Crippen LogP contribution in [0.2, 0.25) is 5.02 Å². The first-order valence-electron chi connectivity index (χ1n) is 7.05. The van der Waals surface area contributed by atoms with Gasteiger partial charge in [0.15, 0.2) is 0 Å². The predicted octanol–water partition coefficient (Wildman–Crippen LogP) is 3.40. The number of amides is 2. The Morgan fingerprint density at radius 3 is 2.60 bits per heavy atom. The predicted molar refractivity (Wildman–Crippen MR) is 81.1 cm³/mol. The van der Waals surface area contributed by atoms with E-state index < -0.39 is 0 Å². The van der Waals surface area contributed by atoms with Gasteiger partial charge in [0.05, 0.1) is 17.3 Å². The van der Waals surface area contributed by atoms with Crippen molar-refractivity contribution in [1.29, 1.82) is 0 Å². The van der Waals surface area contributed by atoms with Gasteiger partial charge in [-0.05, 0) is 25.0 Å². The minimum Gasteiger partial charge on any atom is -0.396 e. The number of para-hydroxylation sites is 1. The van der Waals surface area contributed by atoms with E-state index in [9.17, 15) is 9.90 Å². The van der Waals surface area contributed by atoms with Crippen molar-refractivity contribution in [2.24, 2.45) is 5.41 Å². The van der Waals surface area contributed by atoms with E-state index in [1.165, 1.54) is 6.42 Å². The first-order valence-corrected chi connectivity index (χ1v) is 7.43. The van der Waals surface area contributed by atoms with Gasteiger partial charge in [-0.1, -0.05) is 43.0 Å². The number of carbonyl (C=O) groups excluding carboxylic acids is 1. The lowest BCUT2D eigenvalue weighted by Crippen LogP contribution is -2.42. The molecule has 1 saturated carbocycles. The van der Waals surface area contributed by atoms with Crippen molar-refractivity contribution in [1.82, 2.24) is 5.32 Å². The molecule has 0 heterocycles. The van der Waals surface area contributed by atoms with Crippen molar-refractivity contribution in [2.75, 3.05) is 18.5 Å². The number of hydrogen-bond acceptors (Lipinski definition) is 2. The molecule has 1 aromatic carbocycles. The van der Waals surface area contributed by atoms with Crippen molar-refractivity contribution in [2.45, 2.75) is 32.1 Å². The molecule has 0 aliphatic heterocycles. The van der Waals surface area contributed by atoms with Crippen molar-refractivity contribution >= 4 is 23.3 Å². The van der Waals surface area contributed by atoms with Gasteiger partial charge in [-0.3, -0.25) is 0 Å². The van der Waals surface area contributed by atoms with Gasteiger partial charge in [0.1, 0.15) is 0 Å². The molecule has 0 unspecified atom stereocenters. The summed E-state index contributed by atoms with van der Waals surface area (Å²) in [6.45, 7) is 0.624. The quantitative estimate of drug-likeness (QED) is 0.797. The second-order valence-electron chi connectivity index (χ2n) is 5.51. The maximum absolute atomic E-state index is 11.9. The van der Waals surface area contributed by atoms with Crippen LogP contribution in [-0.4, -0.2) is 24.3 Å². The number of carbonyl (C=O) groups is 1. The van der Waals surface area contributed by atoms with E-state index in [0.717, 1.165) is 25.7 Å². The van der Waals surface area contributed by atoms with Crippen LogP contribution in [0.5, 0.6) is 0 Å². The highest BCUT2D eigenvalue weighted by Gasteiger charge is 2.31. The van der Waals surface area contributed by atoms with E-state index in [1.807, 2.05) is 12.1 Å². The molecule has 110 valence electrons. The van der Waals surface area contributed by atoms with Gasteiger partial charge in [0.2, 0.25) is 0 Å². The largest absolute Gasteiger partial charge is 0.396 e. The van der Waals surface area contributed by atoms with Gasteiger partial charge in [-0.2, -0.15) is 0 Å². The smallest absolute Gasteiger partial charge is 0.319 e. The molecule has 0 radical (unpaired) electrons. The Bertz CT molecular complexity index is 459. The summed E-state index contributed by atoms with van der Waals surface area (Å²) in [6.07, 6.45) is 5.39. The Hall–Kier alpha value is -1.26. The van der Waals surface area contributed by atoms with Crippen molar-refractivity contribution in [3.05, 3.63) is 29.3 Å². The molecule has 2 amide bonds. The summed E-state index contributed by atoms with van der Waals surface area (Å²) in [7, 11) is 0. The van der Waals surface area contributed by atoms with E-state index in [2.05, 4.69) is 10.6 Å². The van der Waals surface area contributed by atoms with Gasteiger partial charge in [-0.25, -0.2) is 4.79 Å². The summed E-state index contributed by atoms with van der Waals surface area (Å²) < 4.78 is 0. The Labute approximate surface area is 124 Å². The molecule has 2 rings (SSSR count). The number of anilines is 1. The Morgan fingerprint density at radius 2 is 1.95 bits per heavy atom. The second kappa shape index (κ2) is 6.95. The summed E-state index contributed by atoms with van der Waals surface area (Å²) in [5, 5.41) is 15.7. The van der Waals surface area contributed by atoms with Gasteiger partial charge >= 0.3 is 6.03 Å². The molecule has 1 aliphatic carbocycles. The normalized spacial score (nSPS) is 17.5. The zero-order valence-electron chi connectivity index (χ0n) is 11.5. The standard InChI is InChI=1S/C15H21ClN2O2/c16-12-6-2-3-7-13(12)18-14(20)17-10-15(11-19)8-4-1-5-9-15/h2-3,6-7,19H,1,4-5,8-11H2,(H2,17,18,20). The number of aliphatic hydroxyl groups excluding tert-OH is 1. The highest BCUT2D eigenvalue weighted by molar-refractivity contribution is 6.33. The summed E-state index contributed by atoms with van der Waals surface area (Å²) >= 11 is 5.99. The van der Waals surface area contributed by atoms with Crippen LogP contribution in [0.15, 0.2) is 24.3 Å². The SMILES string of the molecule is O=C(NCC1(CO)CCCCC1)Nc1ccccc1Cl. The summed E-state index contributed by atoms with van der Waals surface area (Å²) in [6, 6.07) is 6.83. The molecule has 0 spiro atoms. The van der Waals surface area contributed by atoms with E-state index in [1.54, 1.807) is 12.1 Å². The molecule has 0 atom stereocenters. The van der Waals surface area contributed by atoms with Crippen LogP contribution in [0.3, 0.4) is 0 Å². The van der Waals surface area contributed by atoms with Crippen LogP contribution >= 0.6 is 11.6 Å². The highest BCUT2D eigenvalue weighted by Crippen LogP contribution is 2.35. The highest BCUT2D eigenvalue weighted by atomic mass is 35.5. The van der Waals surface area contributed by atoms with Crippen LogP contribution in [0.1, 0.15) is 32.1 Å². The van der Waals surface area contributed by atoms with Crippen LogP contribution in [-0.2, 0) is 0 Å². The Balaban J connectivity index is 1.87. The minimum absolute atomic E-state index is 0.124. The third kappa shape index (κ3) is 3.87. The van der Waals surface area contributed by atoms with Crippen LogP contribution in [0, 0.1) is 5.41 Å². The molecule has 0 aromatic heterocycles. The van der Waals surface area contributed by atoms with E-state index in [4.69, 9.17) is 11.6 Å². The number of aliphatic hydroxyl groups is 1. The summed E-state index contributed by atoms with van der Waals surface area (Å²) in [5.41, 5.74) is 0.434. The first-order chi connectivity index (χ1) is 9.65. The lowest BCUT2D eigenvalue weighted by molar-refractivity contribution is 0.0840. The van der Waals surface area contributed by atoms with E-state index in [-0.39, 0.29) is 18.1 Å². The lowest BCUT2D eigenvalue weighted by atomic mass is 9.74. The maximum atomic E-state index is 11.9. The van der Waals surface area contributed by atoms with Crippen LogP contribution < -0.4 is 10.6 Å². The fourth-order valence-electron chi connectivity index (χ4n) is 2.69. The zero-order chi connectivity index (χ0) is 14.4. The molecular formula is C15H21ClN2O2. The molecule has 5 heteroatoms. The monoisotopic (exact) mass is 296 g/mol. The van der Waals surface area contributed by atoms with Crippen molar-refractivity contribution < 1.29 is 9.90 Å². The Kier molecular flexibility index (Phi) is 5.26. The lowest BCUT2D eigenvalue weighted by Gasteiger charge is -2.35. The third-order valence-corrected chi connectivity index (χ3v) is 4.33. The van der Waals surface area contributed by atoms with Gasteiger partial charge in [-0.15, -0.1) is 0 Å². The molecule has 4 nitrogen and oxygen atoms in total. The molecule has 1 aliphatic rings. The molecule has 1 fully saturated rings. The van der Waals surface area contributed by atoms with Crippen molar-refractivity contribution in [3.63, 3.8) is 0 Å². The van der Waals surface area contributed by atoms with Crippen LogP contribution in [0.4, 0.5) is 10.5 Å². The maximum Gasteiger partial charge on any atom is 0.319 e. The van der Waals surface area contributed by atoms with Crippen LogP contribution in [0.25, 0.3) is 0 Å². The number of hydrogen-bond donors (Lipinski definition) is 3. The van der Waals surface area contributed by atoms with E-state index in [0.29, 0.717) is 17.3 Å². The average molecular weight is 297 g/mol. The molecule has 0 bridgehead atoms. The summed E-state index contributed by atoms with van der Waals surface area (Å²) in [4.78, 5) is 11.9. The van der Waals surface area contributed by atoms with Gasteiger partial charge in [0, 0.05) is 12.0 Å². The van der Waals surface area contributed by atoms with Crippen molar-refractivity contribution in [3.8, 4) is 0 Å². The molecular weight excluding hydrogens is 276 g/mol. The number of rotatable bonds is 4. The average Bonchev–Trinajstić information content (AvgIpc) is 2.49. The molecule has 1 aromatic rings. The first kappa shape index (κ1) is 15.1. The number of benzene rings is 1. The number of urea groups is 1.